The van der Waals surface area contributed by atoms with Crippen molar-refractivity contribution in [2.24, 2.45) is 5.10 Å². The minimum absolute atomic E-state index is 0.0536. The first-order valence-electron chi connectivity index (χ1n) is 7.34. The molecule has 1 amide bonds. The summed E-state index contributed by atoms with van der Waals surface area (Å²) in [4.78, 5) is 11.9. The molecule has 0 heterocycles. The van der Waals surface area contributed by atoms with Crippen LogP contribution < -0.4 is 10.2 Å². The Hall–Kier alpha value is -2.82. The van der Waals surface area contributed by atoms with E-state index in [-0.39, 0.29) is 11.7 Å². The molecule has 0 aliphatic carbocycles. The lowest BCUT2D eigenvalue weighted by atomic mass is 10.1. The van der Waals surface area contributed by atoms with Crippen molar-refractivity contribution in [3.8, 4) is 11.5 Å². The van der Waals surface area contributed by atoms with Crippen LogP contribution >= 0.6 is 0 Å². The van der Waals surface area contributed by atoms with E-state index in [9.17, 15) is 9.90 Å². The fraction of sp³-hybridized carbons (Fsp3) is 0.222. The highest BCUT2D eigenvalue weighted by atomic mass is 16.5. The van der Waals surface area contributed by atoms with Crippen LogP contribution in [0.2, 0.25) is 0 Å². The van der Waals surface area contributed by atoms with Gasteiger partial charge < -0.3 is 9.84 Å². The molecule has 5 heteroatoms. The molecule has 0 atom stereocenters. The molecular formula is C18H20N2O3. The second-order valence-electron chi connectivity index (χ2n) is 5.19. The van der Waals surface area contributed by atoms with E-state index >= 15 is 0 Å². The zero-order valence-corrected chi connectivity index (χ0v) is 13.2. The normalized spacial score (nSPS) is 11.1. The summed E-state index contributed by atoms with van der Waals surface area (Å²) < 4.78 is 5.12. The quantitative estimate of drug-likeness (QED) is 0.636. The SMILES string of the molecule is COc1ccc(CC/C(C)=N\NC(=O)c2cccc(O)c2)cc1. The van der Waals surface area contributed by atoms with Gasteiger partial charge in [-0.3, -0.25) is 4.79 Å². The molecule has 0 bridgehead atoms. The highest BCUT2D eigenvalue weighted by Gasteiger charge is 2.05. The topological polar surface area (TPSA) is 70.9 Å². The Labute approximate surface area is 135 Å². The minimum Gasteiger partial charge on any atom is -0.508 e. The number of nitrogens with zero attached hydrogens (tertiary/aromatic N) is 1. The van der Waals surface area contributed by atoms with Crippen LogP contribution in [-0.2, 0) is 6.42 Å². The summed E-state index contributed by atoms with van der Waals surface area (Å²) in [6.07, 6.45) is 1.58. The number of carbonyl (C=O) groups is 1. The monoisotopic (exact) mass is 312 g/mol. The van der Waals surface area contributed by atoms with Crippen LogP contribution in [-0.4, -0.2) is 23.8 Å². The third-order valence-electron chi connectivity index (χ3n) is 3.39. The molecule has 0 saturated carbocycles. The van der Waals surface area contributed by atoms with E-state index in [4.69, 9.17) is 4.74 Å². The number of nitrogens with one attached hydrogen (secondary N) is 1. The molecule has 0 saturated heterocycles. The summed E-state index contributed by atoms with van der Waals surface area (Å²) in [5, 5.41) is 13.5. The van der Waals surface area contributed by atoms with Gasteiger partial charge in [-0.2, -0.15) is 5.10 Å². The molecule has 2 rings (SSSR count). The molecule has 120 valence electrons. The third-order valence-corrected chi connectivity index (χ3v) is 3.39. The van der Waals surface area contributed by atoms with Gasteiger partial charge in [0.15, 0.2) is 0 Å². The van der Waals surface area contributed by atoms with Crippen molar-refractivity contribution in [3.63, 3.8) is 0 Å². The van der Waals surface area contributed by atoms with Gasteiger partial charge >= 0.3 is 0 Å². The van der Waals surface area contributed by atoms with Crippen LogP contribution in [0.4, 0.5) is 0 Å². The molecule has 2 aromatic rings. The van der Waals surface area contributed by atoms with E-state index in [0.717, 1.165) is 24.3 Å². The highest BCUT2D eigenvalue weighted by Crippen LogP contribution is 2.13. The van der Waals surface area contributed by atoms with Gasteiger partial charge in [-0.25, -0.2) is 5.43 Å². The van der Waals surface area contributed by atoms with Gasteiger partial charge in [-0.15, -0.1) is 0 Å². The number of amides is 1. The van der Waals surface area contributed by atoms with Crippen molar-refractivity contribution in [1.82, 2.24) is 5.43 Å². The maximum Gasteiger partial charge on any atom is 0.271 e. The zero-order chi connectivity index (χ0) is 16.7. The third kappa shape index (κ3) is 5.14. The van der Waals surface area contributed by atoms with E-state index in [2.05, 4.69) is 10.5 Å². The van der Waals surface area contributed by atoms with Gasteiger partial charge in [0.25, 0.3) is 5.91 Å². The van der Waals surface area contributed by atoms with Gasteiger partial charge in [-0.05, 0) is 55.7 Å². The first-order valence-corrected chi connectivity index (χ1v) is 7.34. The van der Waals surface area contributed by atoms with Crippen molar-refractivity contribution in [3.05, 3.63) is 59.7 Å². The predicted molar refractivity (Wildman–Crippen MR) is 90.0 cm³/mol. The fourth-order valence-electron chi connectivity index (χ4n) is 2.03. The van der Waals surface area contributed by atoms with Gasteiger partial charge in [0.05, 0.1) is 7.11 Å². The molecule has 0 radical (unpaired) electrons. The highest BCUT2D eigenvalue weighted by molar-refractivity contribution is 5.95. The summed E-state index contributed by atoms with van der Waals surface area (Å²) in [5.74, 6) is 0.542. The maximum atomic E-state index is 11.9. The summed E-state index contributed by atoms with van der Waals surface area (Å²) in [6, 6.07) is 14.0. The summed E-state index contributed by atoms with van der Waals surface area (Å²) in [6.45, 7) is 1.87. The number of rotatable bonds is 6. The van der Waals surface area contributed by atoms with Crippen LogP contribution in [0.15, 0.2) is 53.6 Å². The van der Waals surface area contributed by atoms with Gasteiger partial charge in [0, 0.05) is 11.3 Å². The summed E-state index contributed by atoms with van der Waals surface area (Å²) in [7, 11) is 1.64. The summed E-state index contributed by atoms with van der Waals surface area (Å²) in [5.41, 5.74) is 4.88. The second-order valence-corrected chi connectivity index (χ2v) is 5.19. The van der Waals surface area contributed by atoms with Crippen LogP contribution in [0.3, 0.4) is 0 Å². The Bertz CT molecular complexity index is 694. The van der Waals surface area contributed by atoms with E-state index in [0.29, 0.717) is 5.56 Å². The van der Waals surface area contributed by atoms with E-state index < -0.39 is 0 Å². The minimum atomic E-state index is -0.343. The lowest BCUT2D eigenvalue weighted by Crippen LogP contribution is -2.19. The first kappa shape index (κ1) is 16.5. The Morgan fingerprint density at radius 2 is 1.96 bits per heavy atom. The Morgan fingerprint density at radius 3 is 2.61 bits per heavy atom. The number of benzene rings is 2. The number of hydrogen-bond donors (Lipinski definition) is 2. The average Bonchev–Trinajstić information content (AvgIpc) is 2.58. The van der Waals surface area contributed by atoms with E-state index in [1.54, 1.807) is 19.2 Å². The van der Waals surface area contributed by atoms with Crippen molar-refractivity contribution < 1.29 is 14.6 Å². The predicted octanol–water partition coefficient (Wildman–Crippen LogP) is 3.14. The number of carbonyl (C=O) groups excluding carboxylic acids is 1. The number of phenols is 1. The van der Waals surface area contributed by atoms with Gasteiger partial charge in [-0.1, -0.05) is 18.2 Å². The molecule has 0 unspecified atom stereocenters. The molecule has 0 aliphatic rings. The average molecular weight is 312 g/mol. The van der Waals surface area contributed by atoms with E-state index in [1.807, 2.05) is 31.2 Å². The second kappa shape index (κ2) is 7.98. The molecule has 2 N–H and O–H groups in total. The van der Waals surface area contributed by atoms with Crippen molar-refractivity contribution in [2.75, 3.05) is 7.11 Å². The molecule has 0 fully saturated rings. The summed E-state index contributed by atoms with van der Waals surface area (Å²) >= 11 is 0. The molecule has 0 spiro atoms. The Kier molecular flexibility index (Phi) is 5.74. The van der Waals surface area contributed by atoms with Gasteiger partial charge in [0.1, 0.15) is 11.5 Å². The number of hydrazone groups is 1. The Balaban J connectivity index is 1.86. The number of ether oxygens (including phenoxy) is 1. The fourth-order valence-corrected chi connectivity index (χ4v) is 2.03. The molecule has 5 nitrogen and oxygen atoms in total. The lowest BCUT2D eigenvalue weighted by molar-refractivity contribution is 0.0954. The number of aromatic hydroxyl groups is 1. The van der Waals surface area contributed by atoms with Crippen LogP contribution in [0, 0.1) is 0 Å². The zero-order valence-electron chi connectivity index (χ0n) is 13.2. The van der Waals surface area contributed by atoms with Crippen molar-refractivity contribution in [2.45, 2.75) is 19.8 Å². The van der Waals surface area contributed by atoms with Crippen LogP contribution in [0.1, 0.15) is 29.3 Å². The molecule has 23 heavy (non-hydrogen) atoms. The smallest absolute Gasteiger partial charge is 0.271 e. The van der Waals surface area contributed by atoms with Gasteiger partial charge in [0.2, 0.25) is 0 Å². The first-order chi connectivity index (χ1) is 11.1. The standard InChI is InChI=1S/C18H20N2O3/c1-13(6-7-14-8-10-17(23-2)11-9-14)19-20-18(22)15-4-3-5-16(21)12-15/h3-5,8-12,21H,6-7H2,1-2H3,(H,20,22)/b19-13-. The molecule has 0 aromatic heterocycles. The maximum absolute atomic E-state index is 11.9. The lowest BCUT2D eigenvalue weighted by Gasteiger charge is -2.05. The Morgan fingerprint density at radius 1 is 1.22 bits per heavy atom. The van der Waals surface area contributed by atoms with Crippen molar-refractivity contribution in [1.29, 1.82) is 0 Å². The number of phenolic OH excluding ortho intramolecular Hbond substituents is 1. The largest absolute Gasteiger partial charge is 0.508 e. The number of hydrogen-bond acceptors (Lipinski definition) is 4. The van der Waals surface area contributed by atoms with E-state index in [1.165, 1.54) is 17.7 Å². The number of methoxy groups -OCH3 is 1. The van der Waals surface area contributed by atoms with Crippen molar-refractivity contribution >= 4 is 11.6 Å². The number of aryl methyl sites for hydroxylation is 1. The molecular weight excluding hydrogens is 292 g/mol. The molecule has 2 aromatic carbocycles. The molecule has 0 aliphatic heterocycles. The van der Waals surface area contributed by atoms with Crippen LogP contribution in [0.25, 0.3) is 0 Å². The van der Waals surface area contributed by atoms with Crippen LogP contribution in [0.5, 0.6) is 11.5 Å².